The molecule has 2 N–H and O–H groups in total. The zero-order valence-corrected chi connectivity index (χ0v) is 13.2. The van der Waals surface area contributed by atoms with Gasteiger partial charge in [-0.1, -0.05) is 0 Å². The summed E-state index contributed by atoms with van der Waals surface area (Å²) in [5, 5.41) is 12.7. The number of carbonyl (C=O) groups is 1. The lowest BCUT2D eigenvalue weighted by Gasteiger charge is -2.41. The second-order valence-corrected chi connectivity index (χ2v) is 6.61. The number of morpholine rings is 1. The van der Waals surface area contributed by atoms with Gasteiger partial charge in [-0.15, -0.1) is 0 Å². The maximum absolute atomic E-state index is 12.6. The van der Waals surface area contributed by atoms with Crippen molar-refractivity contribution >= 4 is 5.91 Å². The minimum atomic E-state index is -0.550. The van der Waals surface area contributed by atoms with Crippen LogP contribution in [0.15, 0.2) is 0 Å². The minimum Gasteiger partial charge on any atom is -0.396 e. The van der Waals surface area contributed by atoms with Crippen LogP contribution in [0.4, 0.5) is 0 Å². The van der Waals surface area contributed by atoms with Crippen molar-refractivity contribution in [1.82, 2.24) is 10.2 Å². The van der Waals surface area contributed by atoms with Crippen molar-refractivity contribution in [1.29, 1.82) is 0 Å². The van der Waals surface area contributed by atoms with E-state index in [2.05, 4.69) is 10.2 Å². The highest BCUT2D eigenvalue weighted by atomic mass is 16.5. The maximum atomic E-state index is 12.6. The van der Waals surface area contributed by atoms with Crippen LogP contribution in [0.25, 0.3) is 0 Å². The van der Waals surface area contributed by atoms with Gasteiger partial charge < -0.3 is 19.9 Å². The third-order valence-corrected chi connectivity index (χ3v) is 4.87. The topological polar surface area (TPSA) is 71.0 Å². The van der Waals surface area contributed by atoms with E-state index in [1.807, 2.05) is 13.8 Å². The summed E-state index contributed by atoms with van der Waals surface area (Å²) in [7, 11) is 0. The first-order valence-electron chi connectivity index (χ1n) is 7.80. The Morgan fingerprint density at radius 1 is 1.19 bits per heavy atom. The molecule has 0 saturated carbocycles. The Kier molecular flexibility index (Phi) is 5.60. The van der Waals surface area contributed by atoms with Crippen LogP contribution in [0.2, 0.25) is 0 Å². The summed E-state index contributed by atoms with van der Waals surface area (Å²) < 4.78 is 10.7. The Labute approximate surface area is 126 Å². The molecule has 2 fully saturated rings. The number of carbonyl (C=O) groups excluding carboxylic acids is 1. The average molecular weight is 300 g/mol. The first-order chi connectivity index (χ1) is 10.0. The van der Waals surface area contributed by atoms with Crippen molar-refractivity contribution in [3.63, 3.8) is 0 Å². The highest BCUT2D eigenvalue weighted by Crippen LogP contribution is 2.29. The van der Waals surface area contributed by atoms with E-state index in [0.717, 1.165) is 25.9 Å². The average Bonchev–Trinajstić information content (AvgIpc) is 2.54. The lowest BCUT2D eigenvalue weighted by molar-refractivity contribution is -0.135. The van der Waals surface area contributed by atoms with Crippen LogP contribution in [0.1, 0.15) is 26.7 Å². The number of rotatable bonds is 5. The van der Waals surface area contributed by atoms with E-state index in [1.54, 1.807) is 0 Å². The summed E-state index contributed by atoms with van der Waals surface area (Å²) in [6.07, 6.45) is 1.59. The Bertz CT molecular complexity index is 348. The molecule has 0 atom stereocenters. The predicted octanol–water partition coefficient (Wildman–Crippen LogP) is 0.00250. The van der Waals surface area contributed by atoms with E-state index in [4.69, 9.17) is 9.47 Å². The second-order valence-electron chi connectivity index (χ2n) is 6.61. The number of amides is 1. The van der Waals surface area contributed by atoms with Crippen LogP contribution in [0, 0.1) is 5.41 Å². The molecule has 6 nitrogen and oxygen atoms in total. The fraction of sp³-hybridized carbons (Fsp3) is 0.933. The normalized spacial score (nSPS) is 23.8. The quantitative estimate of drug-likeness (QED) is 0.748. The number of nitrogens with one attached hydrogen (secondary N) is 1. The van der Waals surface area contributed by atoms with Gasteiger partial charge in [-0.05, 0) is 26.7 Å². The number of aliphatic hydroxyl groups excluding tert-OH is 1. The lowest BCUT2D eigenvalue weighted by Crippen LogP contribution is -2.59. The van der Waals surface area contributed by atoms with Crippen molar-refractivity contribution in [2.45, 2.75) is 32.2 Å². The van der Waals surface area contributed by atoms with Gasteiger partial charge in [-0.2, -0.15) is 0 Å². The van der Waals surface area contributed by atoms with Gasteiger partial charge in [0.25, 0.3) is 0 Å². The van der Waals surface area contributed by atoms with E-state index in [-0.39, 0.29) is 17.9 Å². The molecule has 0 aromatic rings. The monoisotopic (exact) mass is 300 g/mol. The highest BCUT2D eigenvalue weighted by molar-refractivity contribution is 5.85. The molecule has 0 bridgehead atoms. The van der Waals surface area contributed by atoms with Crippen molar-refractivity contribution < 1.29 is 19.4 Å². The van der Waals surface area contributed by atoms with Gasteiger partial charge in [0, 0.05) is 38.3 Å². The van der Waals surface area contributed by atoms with Gasteiger partial charge >= 0.3 is 0 Å². The molecule has 2 saturated heterocycles. The molecule has 0 aromatic heterocycles. The molecule has 21 heavy (non-hydrogen) atoms. The minimum absolute atomic E-state index is 0.0173. The largest absolute Gasteiger partial charge is 0.396 e. The maximum Gasteiger partial charge on any atom is 0.239 e. The molecular weight excluding hydrogens is 272 g/mol. The molecule has 2 rings (SSSR count). The molecule has 0 aliphatic carbocycles. The van der Waals surface area contributed by atoms with Gasteiger partial charge in [0.15, 0.2) is 0 Å². The predicted molar refractivity (Wildman–Crippen MR) is 79.1 cm³/mol. The molecule has 0 aromatic carbocycles. The van der Waals surface area contributed by atoms with Crippen LogP contribution >= 0.6 is 0 Å². The van der Waals surface area contributed by atoms with E-state index in [0.29, 0.717) is 33.0 Å². The van der Waals surface area contributed by atoms with E-state index in [1.165, 1.54) is 0 Å². The van der Waals surface area contributed by atoms with E-state index < -0.39 is 5.54 Å². The molecule has 0 radical (unpaired) electrons. The molecule has 122 valence electrons. The molecule has 0 unspecified atom stereocenters. The van der Waals surface area contributed by atoms with Crippen LogP contribution in [-0.2, 0) is 14.3 Å². The van der Waals surface area contributed by atoms with Gasteiger partial charge in [0.05, 0.1) is 25.4 Å². The molecule has 1 amide bonds. The highest BCUT2D eigenvalue weighted by Gasteiger charge is 2.38. The zero-order valence-electron chi connectivity index (χ0n) is 13.2. The smallest absolute Gasteiger partial charge is 0.239 e. The first kappa shape index (κ1) is 16.7. The Morgan fingerprint density at radius 3 is 2.33 bits per heavy atom. The Hall–Kier alpha value is -0.690. The number of nitrogens with zero attached hydrogens (tertiary/aromatic N) is 1. The van der Waals surface area contributed by atoms with Crippen LogP contribution in [-0.4, -0.2) is 74.1 Å². The SMILES string of the molecule is CC(C)(C(=O)NCC1(CO)CCOCC1)N1CCOCC1. The third-order valence-electron chi connectivity index (χ3n) is 4.87. The summed E-state index contributed by atoms with van der Waals surface area (Å²) in [6, 6.07) is 0. The summed E-state index contributed by atoms with van der Waals surface area (Å²) in [6.45, 7) is 8.72. The lowest BCUT2D eigenvalue weighted by atomic mass is 9.81. The molecule has 6 heteroatoms. The number of hydrogen-bond acceptors (Lipinski definition) is 5. The molecule has 2 aliphatic rings. The van der Waals surface area contributed by atoms with Gasteiger partial charge in [-0.25, -0.2) is 0 Å². The van der Waals surface area contributed by atoms with Crippen molar-refractivity contribution in [2.75, 3.05) is 52.7 Å². The Morgan fingerprint density at radius 2 is 1.76 bits per heavy atom. The van der Waals surface area contributed by atoms with Gasteiger partial charge in [0.1, 0.15) is 0 Å². The van der Waals surface area contributed by atoms with Gasteiger partial charge in [-0.3, -0.25) is 9.69 Å². The molecule has 0 spiro atoms. The third kappa shape index (κ3) is 3.94. The van der Waals surface area contributed by atoms with Crippen LogP contribution in [0.3, 0.4) is 0 Å². The molecule has 2 heterocycles. The number of hydrogen-bond donors (Lipinski definition) is 2. The van der Waals surface area contributed by atoms with Crippen molar-refractivity contribution in [3.05, 3.63) is 0 Å². The fourth-order valence-electron chi connectivity index (χ4n) is 2.95. The molecular formula is C15H28N2O4. The van der Waals surface area contributed by atoms with E-state index in [9.17, 15) is 9.90 Å². The van der Waals surface area contributed by atoms with Crippen LogP contribution < -0.4 is 5.32 Å². The Balaban J connectivity index is 1.90. The van der Waals surface area contributed by atoms with Crippen molar-refractivity contribution in [2.24, 2.45) is 5.41 Å². The van der Waals surface area contributed by atoms with Crippen LogP contribution in [0.5, 0.6) is 0 Å². The fourth-order valence-corrected chi connectivity index (χ4v) is 2.95. The number of ether oxygens (including phenoxy) is 2. The first-order valence-corrected chi connectivity index (χ1v) is 7.80. The van der Waals surface area contributed by atoms with Gasteiger partial charge in [0.2, 0.25) is 5.91 Å². The number of aliphatic hydroxyl groups is 1. The summed E-state index contributed by atoms with van der Waals surface area (Å²) in [5.41, 5.74) is -0.777. The second kappa shape index (κ2) is 7.05. The van der Waals surface area contributed by atoms with Crippen molar-refractivity contribution in [3.8, 4) is 0 Å². The molecule has 2 aliphatic heterocycles. The summed E-state index contributed by atoms with van der Waals surface area (Å²) >= 11 is 0. The van der Waals surface area contributed by atoms with E-state index >= 15 is 0 Å². The summed E-state index contributed by atoms with van der Waals surface area (Å²) in [4.78, 5) is 14.7. The standard InChI is InChI=1S/C15H28N2O4/c1-14(2,17-5-9-21-10-6-17)13(19)16-11-15(12-18)3-7-20-8-4-15/h18H,3-12H2,1-2H3,(H,16,19). The zero-order chi connectivity index (χ0) is 15.3. The summed E-state index contributed by atoms with van der Waals surface area (Å²) in [5.74, 6) is 0.0173.